The molecule has 92 valence electrons. The van der Waals surface area contributed by atoms with Gasteiger partial charge in [0.1, 0.15) is 5.82 Å². The standard InChI is InChI=1S/C11H11F3N2O/c1-7(17)9-4-5-16(9)10-3-2-8(6-15-10)11(12,13)14/h2-3,6,9H,4-5H2,1H3/t9-/m0/s1. The van der Waals surface area contributed by atoms with Crippen molar-refractivity contribution in [3.63, 3.8) is 0 Å². The number of alkyl halides is 3. The molecule has 1 saturated heterocycles. The average molecular weight is 244 g/mol. The van der Waals surface area contributed by atoms with Gasteiger partial charge in [-0.15, -0.1) is 0 Å². The molecule has 2 rings (SSSR count). The predicted molar refractivity (Wildman–Crippen MR) is 55.7 cm³/mol. The highest BCUT2D eigenvalue weighted by Gasteiger charge is 2.34. The summed E-state index contributed by atoms with van der Waals surface area (Å²) in [6.07, 6.45) is -2.84. The molecule has 1 aromatic heterocycles. The third-order valence-electron chi connectivity index (χ3n) is 2.86. The second-order valence-corrected chi connectivity index (χ2v) is 4.01. The summed E-state index contributed by atoms with van der Waals surface area (Å²) < 4.78 is 36.9. The molecule has 0 bridgehead atoms. The van der Waals surface area contributed by atoms with E-state index in [4.69, 9.17) is 0 Å². The van der Waals surface area contributed by atoms with Crippen molar-refractivity contribution in [2.24, 2.45) is 0 Å². The van der Waals surface area contributed by atoms with Gasteiger partial charge < -0.3 is 4.90 Å². The van der Waals surface area contributed by atoms with Gasteiger partial charge in [0.2, 0.25) is 0 Å². The van der Waals surface area contributed by atoms with Gasteiger partial charge in [0.15, 0.2) is 5.78 Å². The van der Waals surface area contributed by atoms with Crippen LogP contribution in [0.4, 0.5) is 19.0 Å². The number of hydrogen-bond acceptors (Lipinski definition) is 3. The normalized spacial score (nSPS) is 20.0. The van der Waals surface area contributed by atoms with Crippen molar-refractivity contribution in [3.8, 4) is 0 Å². The zero-order valence-corrected chi connectivity index (χ0v) is 9.16. The summed E-state index contributed by atoms with van der Waals surface area (Å²) in [6.45, 7) is 2.13. The Bertz CT molecular complexity index is 427. The van der Waals surface area contributed by atoms with E-state index in [1.165, 1.54) is 13.0 Å². The minimum absolute atomic E-state index is 0.0120. The van der Waals surface area contributed by atoms with Crippen LogP contribution in [0, 0.1) is 0 Å². The Morgan fingerprint density at radius 2 is 2.18 bits per heavy atom. The van der Waals surface area contributed by atoms with E-state index in [1.807, 2.05) is 0 Å². The van der Waals surface area contributed by atoms with Crippen LogP contribution in [0.2, 0.25) is 0 Å². The summed E-state index contributed by atoms with van der Waals surface area (Å²) in [4.78, 5) is 16.7. The number of anilines is 1. The fraction of sp³-hybridized carbons (Fsp3) is 0.455. The van der Waals surface area contributed by atoms with Gasteiger partial charge in [-0.2, -0.15) is 13.2 Å². The minimum Gasteiger partial charge on any atom is -0.346 e. The summed E-state index contributed by atoms with van der Waals surface area (Å²) in [5.41, 5.74) is -0.777. The van der Waals surface area contributed by atoms with E-state index in [0.717, 1.165) is 18.7 Å². The molecular formula is C11H11F3N2O. The third-order valence-corrected chi connectivity index (χ3v) is 2.86. The quantitative estimate of drug-likeness (QED) is 0.800. The lowest BCUT2D eigenvalue weighted by atomic mass is 9.99. The Hall–Kier alpha value is -1.59. The fourth-order valence-electron chi connectivity index (χ4n) is 1.81. The second kappa shape index (κ2) is 4.01. The lowest BCUT2D eigenvalue weighted by molar-refractivity contribution is -0.137. The van der Waals surface area contributed by atoms with Crippen LogP contribution in [0.25, 0.3) is 0 Å². The number of halogens is 3. The zero-order valence-electron chi connectivity index (χ0n) is 9.16. The fourth-order valence-corrected chi connectivity index (χ4v) is 1.81. The number of nitrogens with zero attached hydrogens (tertiary/aromatic N) is 2. The van der Waals surface area contributed by atoms with Gasteiger partial charge in [-0.1, -0.05) is 0 Å². The lowest BCUT2D eigenvalue weighted by Gasteiger charge is -2.40. The number of carbonyl (C=O) groups is 1. The SMILES string of the molecule is CC(=O)[C@@H]1CCN1c1ccc(C(F)(F)F)cn1. The molecule has 2 heterocycles. The summed E-state index contributed by atoms with van der Waals surface area (Å²) in [5, 5.41) is 0. The Balaban J connectivity index is 2.16. The highest BCUT2D eigenvalue weighted by Crippen LogP contribution is 2.31. The smallest absolute Gasteiger partial charge is 0.346 e. The van der Waals surface area contributed by atoms with Gasteiger partial charge in [0.05, 0.1) is 11.6 Å². The second-order valence-electron chi connectivity index (χ2n) is 4.01. The predicted octanol–water partition coefficient (Wildman–Crippen LogP) is 2.27. The van der Waals surface area contributed by atoms with Crippen molar-refractivity contribution >= 4 is 11.6 Å². The van der Waals surface area contributed by atoms with Gasteiger partial charge >= 0.3 is 6.18 Å². The minimum atomic E-state index is -4.37. The molecule has 1 atom stereocenters. The molecule has 17 heavy (non-hydrogen) atoms. The first-order valence-electron chi connectivity index (χ1n) is 5.20. The Morgan fingerprint density at radius 1 is 1.47 bits per heavy atom. The number of rotatable bonds is 2. The molecule has 0 N–H and O–H groups in total. The summed E-state index contributed by atoms with van der Waals surface area (Å²) in [7, 11) is 0. The van der Waals surface area contributed by atoms with E-state index < -0.39 is 11.7 Å². The van der Waals surface area contributed by atoms with Crippen molar-refractivity contribution in [2.45, 2.75) is 25.6 Å². The summed E-state index contributed by atoms with van der Waals surface area (Å²) in [6, 6.07) is 2.05. The van der Waals surface area contributed by atoms with Crippen LogP contribution < -0.4 is 4.90 Å². The topological polar surface area (TPSA) is 33.2 Å². The van der Waals surface area contributed by atoms with Crippen LogP contribution in [-0.2, 0) is 11.0 Å². The molecule has 0 spiro atoms. The van der Waals surface area contributed by atoms with Crippen molar-refractivity contribution in [2.75, 3.05) is 11.4 Å². The maximum absolute atomic E-state index is 12.3. The largest absolute Gasteiger partial charge is 0.417 e. The number of aromatic nitrogens is 1. The van der Waals surface area contributed by atoms with Gasteiger partial charge in [0.25, 0.3) is 0 Å². The van der Waals surface area contributed by atoms with Crippen LogP contribution >= 0.6 is 0 Å². The summed E-state index contributed by atoms with van der Waals surface area (Å²) in [5.74, 6) is 0.433. The maximum Gasteiger partial charge on any atom is 0.417 e. The first-order chi connectivity index (χ1) is 7.89. The molecule has 0 aliphatic carbocycles. The van der Waals surface area contributed by atoms with Gasteiger partial charge in [0, 0.05) is 12.7 Å². The molecule has 1 aliphatic rings. The molecule has 0 aromatic carbocycles. The van der Waals surface area contributed by atoms with E-state index in [0.29, 0.717) is 12.4 Å². The first-order valence-corrected chi connectivity index (χ1v) is 5.20. The van der Waals surface area contributed by atoms with Crippen molar-refractivity contribution in [1.29, 1.82) is 0 Å². The highest BCUT2D eigenvalue weighted by atomic mass is 19.4. The molecule has 0 amide bonds. The number of Topliss-reactive ketones (excluding diaryl/α,β-unsaturated/α-hetero) is 1. The Kier molecular flexibility index (Phi) is 2.81. The van der Waals surface area contributed by atoms with Crippen LogP contribution in [0.1, 0.15) is 18.9 Å². The van der Waals surface area contributed by atoms with Crippen LogP contribution in [-0.4, -0.2) is 23.4 Å². The van der Waals surface area contributed by atoms with E-state index in [9.17, 15) is 18.0 Å². The van der Waals surface area contributed by atoms with Crippen molar-refractivity contribution in [3.05, 3.63) is 23.9 Å². The number of carbonyl (C=O) groups excluding carboxylic acids is 1. The van der Waals surface area contributed by atoms with E-state index in [1.54, 1.807) is 4.90 Å². The highest BCUT2D eigenvalue weighted by molar-refractivity contribution is 5.86. The zero-order chi connectivity index (χ0) is 12.6. The molecule has 1 aliphatic heterocycles. The average Bonchev–Trinajstić information content (AvgIpc) is 2.14. The molecule has 1 aromatic rings. The van der Waals surface area contributed by atoms with Crippen LogP contribution in [0.5, 0.6) is 0 Å². The number of ketones is 1. The number of hydrogen-bond donors (Lipinski definition) is 0. The first kappa shape index (κ1) is 11.9. The van der Waals surface area contributed by atoms with Gasteiger partial charge in [-0.25, -0.2) is 4.98 Å². The Morgan fingerprint density at radius 3 is 2.53 bits per heavy atom. The molecule has 3 nitrogen and oxygen atoms in total. The maximum atomic E-state index is 12.3. The van der Waals surface area contributed by atoms with E-state index in [2.05, 4.69) is 4.98 Å². The van der Waals surface area contributed by atoms with Crippen LogP contribution in [0.15, 0.2) is 18.3 Å². The van der Waals surface area contributed by atoms with Gasteiger partial charge in [-0.05, 0) is 25.5 Å². The summed E-state index contributed by atoms with van der Waals surface area (Å²) >= 11 is 0. The lowest BCUT2D eigenvalue weighted by Crippen LogP contribution is -2.52. The number of pyridine rings is 1. The molecule has 1 fully saturated rings. The van der Waals surface area contributed by atoms with Crippen molar-refractivity contribution < 1.29 is 18.0 Å². The van der Waals surface area contributed by atoms with Crippen LogP contribution in [0.3, 0.4) is 0 Å². The molecule has 0 saturated carbocycles. The monoisotopic (exact) mass is 244 g/mol. The molecule has 0 unspecified atom stereocenters. The van der Waals surface area contributed by atoms with Gasteiger partial charge in [-0.3, -0.25) is 4.79 Å². The van der Waals surface area contributed by atoms with E-state index in [-0.39, 0.29) is 11.8 Å². The molecule has 6 heteroatoms. The van der Waals surface area contributed by atoms with E-state index >= 15 is 0 Å². The molecule has 0 radical (unpaired) electrons. The van der Waals surface area contributed by atoms with Crippen molar-refractivity contribution in [1.82, 2.24) is 4.98 Å². The third kappa shape index (κ3) is 2.25. The molecular weight excluding hydrogens is 233 g/mol. The Labute approximate surface area is 96.3 Å².